The van der Waals surface area contributed by atoms with Crippen LogP contribution in [0.5, 0.6) is 0 Å². The van der Waals surface area contributed by atoms with E-state index in [2.05, 4.69) is 5.43 Å². The SMILES string of the molecule is CSCCC(=O)N(N[C@H](CC(C)C)C(=O)OB(O)ON(CCO)CCO)C(=O)c1cc(Cl)ccc1Cl. The number of nitrogens with zero attached hydrogens (tertiary/aromatic N) is 2. The summed E-state index contributed by atoms with van der Waals surface area (Å²) in [5.74, 6) is -2.09. The van der Waals surface area contributed by atoms with Crippen LogP contribution >= 0.6 is 35.0 Å². The molecule has 36 heavy (non-hydrogen) atoms. The van der Waals surface area contributed by atoms with Crippen LogP contribution in [0.15, 0.2) is 18.2 Å². The Morgan fingerprint density at radius 2 is 1.81 bits per heavy atom. The number of hydroxylamine groups is 2. The van der Waals surface area contributed by atoms with E-state index in [9.17, 15) is 19.4 Å². The van der Waals surface area contributed by atoms with Crippen LogP contribution in [0, 0.1) is 5.92 Å². The predicted molar refractivity (Wildman–Crippen MR) is 138 cm³/mol. The Kier molecular flexibility index (Phi) is 15.5. The van der Waals surface area contributed by atoms with E-state index in [0.29, 0.717) is 10.8 Å². The minimum atomic E-state index is -2.06. The van der Waals surface area contributed by atoms with Crippen molar-refractivity contribution in [1.29, 1.82) is 0 Å². The lowest BCUT2D eigenvalue weighted by Gasteiger charge is -2.28. The number of hydrogen-bond acceptors (Lipinski definition) is 11. The summed E-state index contributed by atoms with van der Waals surface area (Å²) in [5.41, 5.74) is 2.59. The van der Waals surface area contributed by atoms with Crippen molar-refractivity contribution < 1.29 is 39.0 Å². The van der Waals surface area contributed by atoms with Gasteiger partial charge in [-0.2, -0.15) is 16.8 Å². The molecule has 0 unspecified atom stereocenters. The van der Waals surface area contributed by atoms with Crippen LogP contribution < -0.4 is 5.43 Å². The molecule has 4 N–H and O–H groups in total. The topological polar surface area (TPSA) is 149 Å². The number of amides is 2. The first-order valence-electron chi connectivity index (χ1n) is 11.1. The Bertz CT molecular complexity index is 864. The molecule has 0 radical (unpaired) electrons. The lowest BCUT2D eigenvalue weighted by atomic mass is 10.0. The zero-order valence-corrected chi connectivity index (χ0v) is 22.7. The van der Waals surface area contributed by atoms with Crippen LogP contribution in [0.3, 0.4) is 0 Å². The van der Waals surface area contributed by atoms with E-state index in [4.69, 9.17) is 42.8 Å². The number of aliphatic hydroxyl groups is 2. The number of aliphatic hydroxyl groups excluding tert-OH is 2. The molecule has 1 aromatic rings. The highest BCUT2D eigenvalue weighted by atomic mass is 35.5. The van der Waals surface area contributed by atoms with E-state index in [1.807, 2.05) is 13.8 Å². The molecule has 0 fully saturated rings. The summed E-state index contributed by atoms with van der Waals surface area (Å²) in [6.45, 7) is 2.84. The van der Waals surface area contributed by atoms with Crippen LogP contribution in [-0.4, -0.2) is 94.8 Å². The van der Waals surface area contributed by atoms with Gasteiger partial charge in [0, 0.05) is 30.3 Å². The molecule has 2 amide bonds. The van der Waals surface area contributed by atoms with Crippen LogP contribution in [0.4, 0.5) is 0 Å². The second-order valence-corrected chi connectivity index (χ2v) is 9.77. The third kappa shape index (κ3) is 11.3. The van der Waals surface area contributed by atoms with E-state index in [-0.39, 0.29) is 60.7 Å². The minimum Gasteiger partial charge on any atom is -0.483 e. The Morgan fingerprint density at radius 3 is 2.36 bits per heavy atom. The summed E-state index contributed by atoms with van der Waals surface area (Å²) < 4.78 is 9.98. The van der Waals surface area contributed by atoms with Crippen molar-refractivity contribution in [1.82, 2.24) is 15.5 Å². The maximum atomic E-state index is 13.3. The van der Waals surface area contributed by atoms with Crippen LogP contribution in [0.1, 0.15) is 37.0 Å². The maximum absolute atomic E-state index is 13.3. The molecule has 0 aliphatic heterocycles. The molecule has 1 aromatic carbocycles. The molecule has 0 saturated heterocycles. The zero-order valence-electron chi connectivity index (χ0n) is 20.4. The van der Waals surface area contributed by atoms with Gasteiger partial charge >= 0.3 is 13.3 Å². The van der Waals surface area contributed by atoms with Crippen molar-refractivity contribution in [2.45, 2.75) is 32.7 Å². The van der Waals surface area contributed by atoms with Gasteiger partial charge in [-0.1, -0.05) is 37.0 Å². The standard InChI is InChI=1S/C21H32BCl2N3O8S/c1-14(2)12-18(21(32)34-22(33)35-26(7-9-28)8-10-29)25-27(19(30)6-11-36-3)20(31)16-13-15(23)4-5-17(16)24/h4-5,13-14,18,25,28-29,33H,6-12H2,1-3H3/t18-/m1/s1. The minimum absolute atomic E-state index is 0.00937. The number of carbonyl (C=O) groups is 3. The number of imide groups is 1. The summed E-state index contributed by atoms with van der Waals surface area (Å²) in [4.78, 5) is 39.1. The van der Waals surface area contributed by atoms with Gasteiger partial charge in [0.15, 0.2) is 0 Å². The molecule has 1 rings (SSSR count). The molecule has 202 valence electrons. The molecule has 0 heterocycles. The number of hydrazine groups is 1. The summed E-state index contributed by atoms with van der Waals surface area (Å²) in [7, 11) is -2.06. The molecule has 15 heteroatoms. The average molecular weight is 568 g/mol. The second-order valence-electron chi connectivity index (χ2n) is 7.94. The highest BCUT2D eigenvalue weighted by Gasteiger charge is 2.34. The smallest absolute Gasteiger partial charge is 0.483 e. The first-order chi connectivity index (χ1) is 17.0. The van der Waals surface area contributed by atoms with E-state index in [1.54, 1.807) is 6.26 Å². The summed E-state index contributed by atoms with van der Waals surface area (Å²) in [6.07, 6.45) is 1.92. The molecule has 0 aliphatic rings. The van der Waals surface area contributed by atoms with Gasteiger partial charge in [-0.25, -0.2) is 10.4 Å². The van der Waals surface area contributed by atoms with Crippen LogP contribution in [-0.2, 0) is 19.0 Å². The normalized spacial score (nSPS) is 12.1. The summed E-state index contributed by atoms with van der Waals surface area (Å²) in [6, 6.07) is 2.99. The molecule has 1 atom stereocenters. The Balaban J connectivity index is 3.15. The molecule has 0 bridgehead atoms. The fourth-order valence-electron chi connectivity index (χ4n) is 2.93. The van der Waals surface area contributed by atoms with Gasteiger partial charge < -0.3 is 19.9 Å². The van der Waals surface area contributed by atoms with Crippen molar-refractivity contribution >= 4 is 60.1 Å². The van der Waals surface area contributed by atoms with Crippen molar-refractivity contribution in [2.24, 2.45) is 5.92 Å². The van der Waals surface area contributed by atoms with Crippen molar-refractivity contribution in [2.75, 3.05) is 38.3 Å². The van der Waals surface area contributed by atoms with Gasteiger partial charge in [-0.15, -0.1) is 0 Å². The Hall–Kier alpha value is -1.42. The lowest BCUT2D eigenvalue weighted by Crippen LogP contribution is -2.55. The van der Waals surface area contributed by atoms with E-state index in [0.717, 1.165) is 5.06 Å². The molecule has 0 saturated carbocycles. The third-order valence-corrected chi connectivity index (χ3v) is 5.74. The first-order valence-corrected chi connectivity index (χ1v) is 13.3. The highest BCUT2D eigenvalue weighted by Crippen LogP contribution is 2.22. The van der Waals surface area contributed by atoms with Gasteiger partial charge in [-0.3, -0.25) is 19.1 Å². The number of thioether (sulfide) groups is 1. The lowest BCUT2D eigenvalue weighted by molar-refractivity contribution is -0.151. The molecular weight excluding hydrogens is 536 g/mol. The van der Waals surface area contributed by atoms with E-state index >= 15 is 0 Å². The average Bonchev–Trinajstić information content (AvgIpc) is 2.81. The van der Waals surface area contributed by atoms with Gasteiger partial charge in [0.1, 0.15) is 6.04 Å². The summed E-state index contributed by atoms with van der Waals surface area (Å²) in [5, 5.41) is 30.2. The predicted octanol–water partition coefficient (Wildman–Crippen LogP) is 1.37. The third-order valence-electron chi connectivity index (χ3n) is 4.56. The van der Waals surface area contributed by atoms with E-state index < -0.39 is 31.1 Å². The Morgan fingerprint density at radius 1 is 1.17 bits per heavy atom. The van der Waals surface area contributed by atoms with Gasteiger partial charge in [-0.05, 0) is 36.8 Å². The van der Waals surface area contributed by atoms with Gasteiger partial charge in [0.25, 0.3) is 5.91 Å². The molecule has 11 nitrogen and oxygen atoms in total. The van der Waals surface area contributed by atoms with Crippen molar-refractivity contribution in [3.05, 3.63) is 33.8 Å². The number of carbonyl (C=O) groups excluding carboxylic acids is 3. The number of benzene rings is 1. The molecule has 0 aromatic heterocycles. The number of halogens is 2. The molecule has 0 aliphatic carbocycles. The fraction of sp³-hybridized carbons (Fsp3) is 0.571. The molecular formula is C21H32BCl2N3O8S. The number of hydrogen-bond donors (Lipinski definition) is 4. The zero-order chi connectivity index (χ0) is 27.3. The van der Waals surface area contributed by atoms with E-state index in [1.165, 1.54) is 30.0 Å². The van der Waals surface area contributed by atoms with Gasteiger partial charge in [0.05, 0.1) is 23.8 Å². The quantitative estimate of drug-likeness (QED) is 0.169. The molecule has 0 spiro atoms. The second kappa shape index (κ2) is 17.2. The highest BCUT2D eigenvalue weighted by molar-refractivity contribution is 7.98. The maximum Gasteiger partial charge on any atom is 0.730 e. The number of rotatable bonds is 16. The van der Waals surface area contributed by atoms with Crippen molar-refractivity contribution in [3.8, 4) is 0 Å². The number of nitrogens with one attached hydrogen (secondary N) is 1. The van der Waals surface area contributed by atoms with Gasteiger partial charge in [0.2, 0.25) is 5.91 Å². The van der Waals surface area contributed by atoms with Crippen LogP contribution in [0.2, 0.25) is 10.0 Å². The Labute approximate surface area is 225 Å². The van der Waals surface area contributed by atoms with Crippen LogP contribution in [0.25, 0.3) is 0 Å². The monoisotopic (exact) mass is 567 g/mol. The summed E-state index contributed by atoms with van der Waals surface area (Å²) >= 11 is 13.6. The largest absolute Gasteiger partial charge is 0.730 e. The fourth-order valence-corrected chi connectivity index (χ4v) is 3.68. The van der Waals surface area contributed by atoms with Crippen molar-refractivity contribution in [3.63, 3.8) is 0 Å². The first kappa shape index (κ1) is 32.6.